The zero-order valence-corrected chi connectivity index (χ0v) is 10.2. The van der Waals surface area contributed by atoms with Crippen LogP contribution in [-0.2, 0) is 4.79 Å². The van der Waals surface area contributed by atoms with E-state index in [1.54, 1.807) is 0 Å². The molecule has 15 heavy (non-hydrogen) atoms. The molecular formula is C10H19N3OS. The van der Waals surface area contributed by atoms with Crippen LogP contribution < -0.4 is 10.6 Å². The van der Waals surface area contributed by atoms with E-state index in [0.29, 0.717) is 11.7 Å². The Balaban J connectivity index is 2.40. The van der Waals surface area contributed by atoms with E-state index in [0.717, 1.165) is 25.9 Å². The zero-order chi connectivity index (χ0) is 11.3. The van der Waals surface area contributed by atoms with E-state index in [1.165, 1.54) is 0 Å². The van der Waals surface area contributed by atoms with Crippen molar-refractivity contribution < 1.29 is 4.79 Å². The molecule has 1 amide bonds. The molecule has 0 aliphatic carbocycles. The molecule has 0 aromatic carbocycles. The summed E-state index contributed by atoms with van der Waals surface area (Å²) in [4.78, 5) is 13.3. The van der Waals surface area contributed by atoms with E-state index in [1.807, 2.05) is 11.8 Å². The molecule has 1 unspecified atom stereocenters. The van der Waals surface area contributed by atoms with Gasteiger partial charge in [0.15, 0.2) is 5.11 Å². The molecule has 0 aromatic rings. The number of carbonyl (C=O) groups is 1. The van der Waals surface area contributed by atoms with Gasteiger partial charge in [0.1, 0.15) is 6.04 Å². The van der Waals surface area contributed by atoms with Crippen molar-refractivity contribution in [3.63, 3.8) is 0 Å². The molecular weight excluding hydrogens is 210 g/mol. The first-order chi connectivity index (χ1) is 7.16. The largest absolute Gasteiger partial charge is 0.363 e. The number of nitrogens with one attached hydrogen (secondary N) is 2. The molecule has 4 nitrogen and oxygen atoms in total. The summed E-state index contributed by atoms with van der Waals surface area (Å²) in [5.74, 6) is 0.0564. The predicted molar refractivity (Wildman–Crippen MR) is 64.7 cm³/mol. The molecule has 5 heteroatoms. The van der Waals surface area contributed by atoms with E-state index in [9.17, 15) is 4.79 Å². The molecule has 0 bridgehead atoms. The third kappa shape index (κ3) is 3.34. The number of piperazine rings is 1. The van der Waals surface area contributed by atoms with Crippen LogP contribution in [0, 0.1) is 0 Å². The Labute approximate surface area is 96.4 Å². The number of unbranched alkanes of at least 4 members (excludes halogenated alkanes) is 1. The van der Waals surface area contributed by atoms with Gasteiger partial charge >= 0.3 is 0 Å². The maximum absolute atomic E-state index is 11.4. The molecule has 0 radical (unpaired) electrons. The van der Waals surface area contributed by atoms with Gasteiger partial charge in [0.2, 0.25) is 5.91 Å². The Bertz CT molecular complexity index is 245. The van der Waals surface area contributed by atoms with Crippen molar-refractivity contribution >= 4 is 23.2 Å². The lowest BCUT2D eigenvalue weighted by atomic mass is 10.2. The molecule has 1 atom stereocenters. The summed E-state index contributed by atoms with van der Waals surface area (Å²) in [5, 5.41) is 6.70. The number of nitrogens with zero attached hydrogens (tertiary/aromatic N) is 1. The number of carbonyl (C=O) groups excluding carboxylic acids is 1. The van der Waals surface area contributed by atoms with E-state index < -0.39 is 0 Å². The normalized spacial score (nSPS) is 21.1. The number of hydrogen-bond acceptors (Lipinski definition) is 2. The van der Waals surface area contributed by atoms with Crippen LogP contribution in [-0.4, -0.2) is 41.6 Å². The summed E-state index contributed by atoms with van der Waals surface area (Å²) >= 11 is 5.25. The van der Waals surface area contributed by atoms with Gasteiger partial charge in [0.25, 0.3) is 0 Å². The Hall–Kier alpha value is -0.840. The fourth-order valence-electron chi connectivity index (χ4n) is 1.53. The monoisotopic (exact) mass is 229 g/mol. The standard InChI is InChI=1S/C10H19N3OS/c1-3-4-5-12-10(15)13-7-6-11-9(14)8(13)2/h8H,3-7H2,1-2H3,(H,11,14)(H,12,15). The lowest BCUT2D eigenvalue weighted by molar-refractivity contribution is -0.126. The molecule has 1 saturated heterocycles. The van der Waals surface area contributed by atoms with Crippen LogP contribution >= 0.6 is 12.2 Å². The number of thiocarbonyl (C=S) groups is 1. The average molecular weight is 229 g/mol. The summed E-state index contributed by atoms with van der Waals surface area (Å²) in [6.07, 6.45) is 2.25. The third-order valence-electron chi connectivity index (χ3n) is 2.57. The minimum absolute atomic E-state index is 0.0564. The molecule has 1 fully saturated rings. The second-order valence-electron chi connectivity index (χ2n) is 3.75. The van der Waals surface area contributed by atoms with Gasteiger partial charge in [0.05, 0.1) is 0 Å². The maximum atomic E-state index is 11.4. The molecule has 2 N–H and O–H groups in total. The molecule has 0 spiro atoms. The first kappa shape index (κ1) is 12.2. The highest BCUT2D eigenvalue weighted by atomic mass is 32.1. The SMILES string of the molecule is CCCCNC(=S)N1CCNC(=O)C1C. The van der Waals surface area contributed by atoms with E-state index >= 15 is 0 Å². The average Bonchev–Trinajstić information content (AvgIpc) is 2.22. The summed E-state index contributed by atoms with van der Waals surface area (Å²) in [6, 6.07) is -0.152. The summed E-state index contributed by atoms with van der Waals surface area (Å²) in [7, 11) is 0. The minimum Gasteiger partial charge on any atom is -0.363 e. The van der Waals surface area contributed by atoms with Gasteiger partial charge in [-0.25, -0.2) is 0 Å². The Morgan fingerprint density at radius 2 is 2.47 bits per heavy atom. The molecule has 0 aromatic heterocycles. The van der Waals surface area contributed by atoms with E-state index in [2.05, 4.69) is 17.6 Å². The molecule has 0 saturated carbocycles. The Morgan fingerprint density at radius 3 is 3.13 bits per heavy atom. The van der Waals surface area contributed by atoms with E-state index in [-0.39, 0.29) is 11.9 Å². The highest BCUT2D eigenvalue weighted by Gasteiger charge is 2.26. The third-order valence-corrected chi connectivity index (χ3v) is 2.95. The Kier molecular flexibility index (Phi) is 4.81. The summed E-state index contributed by atoms with van der Waals surface area (Å²) in [6.45, 7) is 6.38. The topological polar surface area (TPSA) is 44.4 Å². The lowest BCUT2D eigenvalue weighted by Gasteiger charge is -2.34. The van der Waals surface area contributed by atoms with Gasteiger partial charge in [-0.1, -0.05) is 13.3 Å². The first-order valence-electron chi connectivity index (χ1n) is 5.49. The van der Waals surface area contributed by atoms with Crippen LogP contribution in [0.1, 0.15) is 26.7 Å². The van der Waals surface area contributed by atoms with Crippen LogP contribution in [0.3, 0.4) is 0 Å². The molecule has 86 valence electrons. The second kappa shape index (κ2) is 5.90. The van der Waals surface area contributed by atoms with Crippen LogP contribution in [0.4, 0.5) is 0 Å². The van der Waals surface area contributed by atoms with Gasteiger partial charge in [-0.15, -0.1) is 0 Å². The van der Waals surface area contributed by atoms with Gasteiger partial charge < -0.3 is 15.5 Å². The number of amides is 1. The molecule has 1 aliphatic heterocycles. The fraction of sp³-hybridized carbons (Fsp3) is 0.800. The highest BCUT2D eigenvalue weighted by Crippen LogP contribution is 2.04. The molecule has 1 rings (SSSR count). The molecule has 1 aliphatic rings. The van der Waals surface area contributed by atoms with Gasteiger partial charge in [-0.2, -0.15) is 0 Å². The number of rotatable bonds is 3. The first-order valence-corrected chi connectivity index (χ1v) is 5.89. The van der Waals surface area contributed by atoms with Crippen molar-refractivity contribution in [3.05, 3.63) is 0 Å². The van der Waals surface area contributed by atoms with Gasteiger partial charge in [-0.3, -0.25) is 4.79 Å². The van der Waals surface area contributed by atoms with Crippen molar-refractivity contribution in [2.75, 3.05) is 19.6 Å². The van der Waals surface area contributed by atoms with E-state index in [4.69, 9.17) is 12.2 Å². The maximum Gasteiger partial charge on any atom is 0.242 e. The lowest BCUT2D eigenvalue weighted by Crippen LogP contribution is -2.58. The fourth-order valence-corrected chi connectivity index (χ4v) is 1.88. The zero-order valence-electron chi connectivity index (χ0n) is 9.38. The van der Waals surface area contributed by atoms with Crippen LogP contribution in [0.15, 0.2) is 0 Å². The van der Waals surface area contributed by atoms with Crippen molar-refractivity contribution in [1.82, 2.24) is 15.5 Å². The van der Waals surface area contributed by atoms with Gasteiger partial charge in [0, 0.05) is 19.6 Å². The number of hydrogen-bond donors (Lipinski definition) is 2. The second-order valence-corrected chi connectivity index (χ2v) is 4.13. The van der Waals surface area contributed by atoms with Crippen LogP contribution in [0.2, 0.25) is 0 Å². The predicted octanol–water partition coefficient (Wildman–Crippen LogP) is 0.481. The van der Waals surface area contributed by atoms with Crippen molar-refractivity contribution in [2.45, 2.75) is 32.7 Å². The summed E-state index contributed by atoms with van der Waals surface area (Å²) < 4.78 is 0. The Morgan fingerprint density at radius 1 is 1.73 bits per heavy atom. The van der Waals surface area contributed by atoms with Crippen molar-refractivity contribution in [1.29, 1.82) is 0 Å². The van der Waals surface area contributed by atoms with Crippen LogP contribution in [0.25, 0.3) is 0 Å². The van der Waals surface area contributed by atoms with Gasteiger partial charge in [-0.05, 0) is 25.6 Å². The van der Waals surface area contributed by atoms with Crippen molar-refractivity contribution in [2.24, 2.45) is 0 Å². The van der Waals surface area contributed by atoms with Crippen LogP contribution in [0.5, 0.6) is 0 Å². The highest BCUT2D eigenvalue weighted by molar-refractivity contribution is 7.80. The van der Waals surface area contributed by atoms with Crippen molar-refractivity contribution in [3.8, 4) is 0 Å². The summed E-state index contributed by atoms with van der Waals surface area (Å²) in [5.41, 5.74) is 0. The quantitative estimate of drug-likeness (QED) is 0.546. The molecule has 1 heterocycles. The minimum atomic E-state index is -0.152. The smallest absolute Gasteiger partial charge is 0.242 e.